The Morgan fingerprint density at radius 3 is 3.11 bits per heavy atom. The third-order valence-electron chi connectivity index (χ3n) is 3.81. The van der Waals surface area contributed by atoms with Crippen molar-refractivity contribution in [3.05, 3.63) is 12.2 Å². The highest BCUT2D eigenvalue weighted by atomic mass is 35.5. The van der Waals surface area contributed by atoms with E-state index in [1.54, 1.807) is 6.33 Å². The summed E-state index contributed by atoms with van der Waals surface area (Å²) in [6.07, 6.45) is 4.21. The molecule has 0 aliphatic carbocycles. The van der Waals surface area contributed by atoms with Crippen LogP contribution in [0, 0.1) is 0 Å². The number of halogens is 1. The van der Waals surface area contributed by atoms with Crippen LogP contribution in [0.2, 0.25) is 0 Å². The highest BCUT2D eigenvalue weighted by molar-refractivity contribution is 5.85. The zero-order chi connectivity index (χ0) is 11.8. The second-order valence-electron chi connectivity index (χ2n) is 4.82. The fourth-order valence-electron chi connectivity index (χ4n) is 2.87. The summed E-state index contributed by atoms with van der Waals surface area (Å²) in [5.74, 6) is 1.21. The molecule has 2 atom stereocenters. The van der Waals surface area contributed by atoms with Crippen molar-refractivity contribution in [3.8, 4) is 0 Å². The molecule has 0 bridgehead atoms. The number of nitrogens with zero attached hydrogens (tertiary/aromatic N) is 4. The Kier molecular flexibility index (Phi) is 3.87. The molecule has 0 radical (unpaired) electrons. The molecule has 3 rings (SSSR count). The van der Waals surface area contributed by atoms with Crippen molar-refractivity contribution < 1.29 is 4.79 Å². The lowest BCUT2D eigenvalue weighted by molar-refractivity contribution is -0.129. The number of hydrogen-bond acceptors (Lipinski definition) is 4. The van der Waals surface area contributed by atoms with E-state index in [1.165, 1.54) is 0 Å². The van der Waals surface area contributed by atoms with E-state index in [2.05, 4.69) is 15.5 Å². The third kappa shape index (κ3) is 2.22. The Bertz CT molecular complexity index is 435. The molecular formula is C11H18ClN5O. The first kappa shape index (κ1) is 13.3. The predicted molar refractivity (Wildman–Crippen MR) is 68.5 cm³/mol. The summed E-state index contributed by atoms with van der Waals surface area (Å²) >= 11 is 0. The fourth-order valence-corrected chi connectivity index (χ4v) is 2.87. The lowest BCUT2D eigenvalue weighted by atomic mass is 10.1. The largest absolute Gasteiger partial charge is 0.338 e. The summed E-state index contributed by atoms with van der Waals surface area (Å²) in [7, 11) is 1.93. The SMILES string of the molecule is Cl.Cn1cnnc1CCN1C(=O)C[C@H]2NCC[C@H]21. The molecule has 2 saturated heterocycles. The summed E-state index contributed by atoms with van der Waals surface area (Å²) in [6.45, 7) is 1.79. The highest BCUT2D eigenvalue weighted by Crippen LogP contribution is 2.25. The van der Waals surface area contributed by atoms with Crippen LogP contribution in [-0.4, -0.2) is 50.7 Å². The van der Waals surface area contributed by atoms with Gasteiger partial charge in [0.15, 0.2) is 0 Å². The number of aryl methyl sites for hydroxylation is 1. The van der Waals surface area contributed by atoms with Crippen LogP contribution in [0.5, 0.6) is 0 Å². The van der Waals surface area contributed by atoms with Gasteiger partial charge in [0.2, 0.25) is 5.91 Å². The normalized spacial score (nSPS) is 26.3. The number of amides is 1. The Hall–Kier alpha value is -1.14. The standard InChI is InChI=1S/C11H17N5O.ClH/c1-15-7-13-14-10(15)3-5-16-9-2-4-12-8(9)6-11(16)17;/h7-9,12H,2-6H2,1H3;1H/t8-,9-;/m1./s1. The third-order valence-corrected chi connectivity index (χ3v) is 3.81. The maximum absolute atomic E-state index is 11.9. The lowest BCUT2D eigenvalue weighted by Gasteiger charge is -2.23. The smallest absolute Gasteiger partial charge is 0.224 e. The number of carbonyl (C=O) groups excluding carboxylic acids is 1. The Morgan fingerprint density at radius 2 is 2.39 bits per heavy atom. The molecule has 0 aromatic carbocycles. The molecule has 0 saturated carbocycles. The molecule has 18 heavy (non-hydrogen) atoms. The average molecular weight is 272 g/mol. The van der Waals surface area contributed by atoms with Crippen molar-refractivity contribution in [2.24, 2.45) is 7.05 Å². The number of nitrogens with one attached hydrogen (secondary N) is 1. The molecule has 2 fully saturated rings. The van der Waals surface area contributed by atoms with E-state index in [-0.39, 0.29) is 18.3 Å². The maximum Gasteiger partial charge on any atom is 0.224 e. The monoisotopic (exact) mass is 271 g/mol. The summed E-state index contributed by atoms with van der Waals surface area (Å²) in [5.41, 5.74) is 0. The van der Waals surface area contributed by atoms with Crippen LogP contribution in [0.4, 0.5) is 0 Å². The van der Waals surface area contributed by atoms with Gasteiger partial charge in [0.05, 0.1) is 0 Å². The number of fused-ring (bicyclic) bond motifs is 1. The van der Waals surface area contributed by atoms with Crippen molar-refractivity contribution in [1.82, 2.24) is 25.0 Å². The number of aromatic nitrogens is 3. The van der Waals surface area contributed by atoms with Gasteiger partial charge in [0, 0.05) is 38.5 Å². The average Bonchev–Trinajstić information content (AvgIpc) is 2.94. The van der Waals surface area contributed by atoms with E-state index >= 15 is 0 Å². The van der Waals surface area contributed by atoms with E-state index in [0.29, 0.717) is 18.5 Å². The van der Waals surface area contributed by atoms with Crippen LogP contribution < -0.4 is 5.32 Å². The molecular weight excluding hydrogens is 254 g/mol. The van der Waals surface area contributed by atoms with Crippen LogP contribution in [-0.2, 0) is 18.3 Å². The topological polar surface area (TPSA) is 63.1 Å². The van der Waals surface area contributed by atoms with Gasteiger partial charge in [-0.25, -0.2) is 0 Å². The zero-order valence-electron chi connectivity index (χ0n) is 10.4. The van der Waals surface area contributed by atoms with Crippen molar-refractivity contribution in [2.45, 2.75) is 31.3 Å². The molecule has 2 aliphatic heterocycles. The predicted octanol–water partition coefficient (Wildman–Crippen LogP) is -0.258. The molecule has 1 aromatic heterocycles. The van der Waals surface area contributed by atoms with Gasteiger partial charge in [0.1, 0.15) is 12.2 Å². The van der Waals surface area contributed by atoms with Crippen molar-refractivity contribution >= 4 is 18.3 Å². The quantitative estimate of drug-likeness (QED) is 0.823. The van der Waals surface area contributed by atoms with E-state index in [1.807, 2.05) is 16.5 Å². The molecule has 0 spiro atoms. The zero-order valence-corrected chi connectivity index (χ0v) is 11.2. The van der Waals surface area contributed by atoms with Gasteiger partial charge in [-0.3, -0.25) is 4.79 Å². The van der Waals surface area contributed by atoms with Crippen LogP contribution in [0.25, 0.3) is 0 Å². The Morgan fingerprint density at radius 1 is 1.56 bits per heavy atom. The van der Waals surface area contributed by atoms with Gasteiger partial charge in [-0.2, -0.15) is 0 Å². The number of hydrogen-bond donors (Lipinski definition) is 1. The molecule has 1 N–H and O–H groups in total. The van der Waals surface area contributed by atoms with Crippen LogP contribution >= 0.6 is 12.4 Å². The van der Waals surface area contributed by atoms with Gasteiger partial charge in [0.25, 0.3) is 0 Å². The van der Waals surface area contributed by atoms with E-state index in [9.17, 15) is 4.79 Å². The molecule has 1 amide bonds. The Labute approximate surface area is 112 Å². The second kappa shape index (κ2) is 5.24. The van der Waals surface area contributed by atoms with Crippen LogP contribution in [0.1, 0.15) is 18.7 Å². The van der Waals surface area contributed by atoms with Crippen molar-refractivity contribution in [3.63, 3.8) is 0 Å². The highest BCUT2D eigenvalue weighted by Gasteiger charge is 2.41. The van der Waals surface area contributed by atoms with E-state index < -0.39 is 0 Å². The molecule has 1 aromatic rings. The summed E-state index contributed by atoms with van der Waals surface area (Å²) < 4.78 is 1.91. The minimum atomic E-state index is 0. The van der Waals surface area contributed by atoms with Crippen LogP contribution in [0.3, 0.4) is 0 Å². The van der Waals surface area contributed by atoms with E-state index in [0.717, 1.165) is 31.8 Å². The van der Waals surface area contributed by atoms with Crippen LogP contribution in [0.15, 0.2) is 6.33 Å². The van der Waals surface area contributed by atoms with Gasteiger partial charge in [-0.1, -0.05) is 0 Å². The minimum absolute atomic E-state index is 0. The minimum Gasteiger partial charge on any atom is -0.338 e. The first-order chi connectivity index (χ1) is 8.25. The molecule has 6 nitrogen and oxygen atoms in total. The van der Waals surface area contributed by atoms with Gasteiger partial charge < -0.3 is 14.8 Å². The second-order valence-corrected chi connectivity index (χ2v) is 4.82. The van der Waals surface area contributed by atoms with Gasteiger partial charge >= 0.3 is 0 Å². The number of carbonyl (C=O) groups is 1. The Balaban J connectivity index is 0.00000120. The molecule has 2 aliphatic rings. The molecule has 7 heteroatoms. The summed E-state index contributed by atoms with van der Waals surface area (Å²) in [4.78, 5) is 13.9. The van der Waals surface area contributed by atoms with Gasteiger partial charge in [-0.05, 0) is 13.0 Å². The molecule has 100 valence electrons. The van der Waals surface area contributed by atoms with Gasteiger partial charge in [-0.15, -0.1) is 22.6 Å². The molecule has 0 unspecified atom stereocenters. The lowest BCUT2D eigenvalue weighted by Crippen LogP contribution is -2.37. The van der Waals surface area contributed by atoms with Crippen molar-refractivity contribution in [2.75, 3.05) is 13.1 Å². The van der Waals surface area contributed by atoms with Crippen molar-refractivity contribution in [1.29, 1.82) is 0 Å². The summed E-state index contributed by atoms with van der Waals surface area (Å²) in [5, 5.41) is 11.3. The summed E-state index contributed by atoms with van der Waals surface area (Å²) in [6, 6.07) is 0.776. The molecule has 3 heterocycles. The fraction of sp³-hybridized carbons (Fsp3) is 0.727. The van der Waals surface area contributed by atoms with E-state index in [4.69, 9.17) is 0 Å². The number of likely N-dealkylation sites (tertiary alicyclic amines) is 1. The first-order valence-electron chi connectivity index (χ1n) is 6.11. The maximum atomic E-state index is 11.9. The number of rotatable bonds is 3. The first-order valence-corrected chi connectivity index (χ1v) is 6.11.